The first kappa shape index (κ1) is 15.2. The number of hydrogen-bond acceptors (Lipinski definition) is 6. The summed E-state index contributed by atoms with van der Waals surface area (Å²) in [5, 5.41) is 4.91. The SMILES string of the molecule is CSc1nc(NN)cc(Nc2cc(Cl)c(C)cc2Cl)n1. The molecule has 1 heterocycles. The van der Waals surface area contributed by atoms with Crippen LogP contribution in [0.2, 0.25) is 10.0 Å². The lowest BCUT2D eigenvalue weighted by molar-refractivity contribution is 0.971. The van der Waals surface area contributed by atoms with Gasteiger partial charge in [0, 0.05) is 11.1 Å². The van der Waals surface area contributed by atoms with E-state index >= 15 is 0 Å². The lowest BCUT2D eigenvalue weighted by atomic mass is 10.2. The fourth-order valence-electron chi connectivity index (χ4n) is 1.53. The van der Waals surface area contributed by atoms with Crippen molar-refractivity contribution in [1.82, 2.24) is 9.97 Å². The summed E-state index contributed by atoms with van der Waals surface area (Å²) in [5.41, 5.74) is 4.09. The molecule has 0 aliphatic carbocycles. The Morgan fingerprint density at radius 1 is 1.10 bits per heavy atom. The highest BCUT2D eigenvalue weighted by Crippen LogP contribution is 2.31. The number of halogens is 2. The van der Waals surface area contributed by atoms with Crippen molar-refractivity contribution in [3.8, 4) is 0 Å². The van der Waals surface area contributed by atoms with Gasteiger partial charge in [0.05, 0.1) is 10.7 Å². The highest BCUT2D eigenvalue weighted by atomic mass is 35.5. The molecule has 0 fully saturated rings. The van der Waals surface area contributed by atoms with Crippen LogP contribution in [0, 0.1) is 6.92 Å². The normalized spacial score (nSPS) is 10.4. The largest absolute Gasteiger partial charge is 0.339 e. The molecule has 0 bridgehead atoms. The Balaban J connectivity index is 2.36. The number of rotatable bonds is 4. The van der Waals surface area contributed by atoms with Crippen LogP contribution in [0.5, 0.6) is 0 Å². The Morgan fingerprint density at radius 3 is 2.45 bits per heavy atom. The van der Waals surface area contributed by atoms with E-state index in [2.05, 4.69) is 20.7 Å². The quantitative estimate of drug-likeness (QED) is 0.342. The van der Waals surface area contributed by atoms with E-state index in [0.717, 1.165) is 5.56 Å². The smallest absolute Gasteiger partial charge is 0.191 e. The van der Waals surface area contributed by atoms with E-state index in [1.165, 1.54) is 11.8 Å². The Labute approximate surface area is 131 Å². The summed E-state index contributed by atoms with van der Waals surface area (Å²) in [4.78, 5) is 8.51. The number of nitrogens with one attached hydrogen (secondary N) is 2. The van der Waals surface area contributed by atoms with Crippen LogP contribution in [0.4, 0.5) is 17.3 Å². The van der Waals surface area contributed by atoms with E-state index in [0.29, 0.717) is 32.5 Å². The number of aromatic nitrogens is 2. The van der Waals surface area contributed by atoms with Crippen molar-refractivity contribution in [2.75, 3.05) is 17.0 Å². The van der Waals surface area contributed by atoms with Gasteiger partial charge in [-0.15, -0.1) is 0 Å². The summed E-state index contributed by atoms with van der Waals surface area (Å²) in [6.45, 7) is 1.89. The van der Waals surface area contributed by atoms with E-state index in [4.69, 9.17) is 29.0 Å². The third-order valence-electron chi connectivity index (χ3n) is 2.55. The number of thioether (sulfide) groups is 1. The first-order valence-corrected chi connectivity index (χ1v) is 7.64. The topological polar surface area (TPSA) is 75.9 Å². The second kappa shape index (κ2) is 6.49. The maximum Gasteiger partial charge on any atom is 0.191 e. The summed E-state index contributed by atoms with van der Waals surface area (Å²) >= 11 is 13.7. The fourth-order valence-corrected chi connectivity index (χ4v) is 2.34. The third kappa shape index (κ3) is 3.46. The number of benzene rings is 1. The van der Waals surface area contributed by atoms with E-state index in [1.807, 2.05) is 13.2 Å². The molecule has 4 N–H and O–H groups in total. The van der Waals surface area contributed by atoms with E-state index in [9.17, 15) is 0 Å². The van der Waals surface area contributed by atoms with Crippen LogP contribution in [0.3, 0.4) is 0 Å². The highest BCUT2D eigenvalue weighted by Gasteiger charge is 2.08. The van der Waals surface area contributed by atoms with Gasteiger partial charge in [0.2, 0.25) is 0 Å². The van der Waals surface area contributed by atoms with E-state index in [-0.39, 0.29) is 0 Å². The molecule has 2 rings (SSSR count). The van der Waals surface area contributed by atoms with Crippen LogP contribution in [-0.4, -0.2) is 16.2 Å². The predicted octanol–water partition coefficient (Wildman–Crippen LogP) is 3.84. The van der Waals surface area contributed by atoms with Gasteiger partial charge < -0.3 is 10.7 Å². The average molecular weight is 330 g/mol. The molecular formula is C12H13Cl2N5S. The minimum absolute atomic E-state index is 0.515. The Hall–Kier alpha value is -1.21. The zero-order chi connectivity index (χ0) is 14.7. The van der Waals surface area contributed by atoms with Crippen LogP contribution < -0.4 is 16.6 Å². The molecule has 5 nitrogen and oxygen atoms in total. The molecular weight excluding hydrogens is 317 g/mol. The van der Waals surface area contributed by atoms with Gasteiger partial charge in [-0.25, -0.2) is 15.8 Å². The molecule has 1 aromatic carbocycles. The van der Waals surface area contributed by atoms with Gasteiger partial charge in [-0.05, 0) is 30.9 Å². The first-order valence-electron chi connectivity index (χ1n) is 5.66. The summed E-state index contributed by atoms with van der Waals surface area (Å²) in [7, 11) is 0. The molecule has 0 spiro atoms. The standard InChI is InChI=1S/C12H13Cl2N5S/c1-6-3-8(14)9(4-7(6)13)16-10-5-11(19-15)18-12(17-10)20-2/h3-5H,15H2,1-2H3,(H2,16,17,18,19). The van der Waals surface area contributed by atoms with E-state index < -0.39 is 0 Å². The maximum absolute atomic E-state index is 6.19. The molecule has 0 saturated carbocycles. The lowest BCUT2D eigenvalue weighted by Gasteiger charge is -2.11. The molecule has 0 saturated heterocycles. The third-order valence-corrected chi connectivity index (χ3v) is 3.81. The van der Waals surface area contributed by atoms with Gasteiger partial charge >= 0.3 is 0 Å². The van der Waals surface area contributed by atoms with Gasteiger partial charge in [0.15, 0.2) is 5.16 Å². The van der Waals surface area contributed by atoms with Crippen molar-refractivity contribution < 1.29 is 0 Å². The van der Waals surface area contributed by atoms with E-state index in [1.54, 1.807) is 18.2 Å². The number of nitrogens with zero attached hydrogens (tertiary/aromatic N) is 2. The monoisotopic (exact) mass is 329 g/mol. The fraction of sp³-hybridized carbons (Fsp3) is 0.167. The number of hydrazine groups is 1. The lowest BCUT2D eigenvalue weighted by Crippen LogP contribution is -2.10. The maximum atomic E-state index is 6.19. The molecule has 0 radical (unpaired) electrons. The number of nitrogens with two attached hydrogens (primary N) is 1. The Kier molecular flexibility index (Phi) is 4.93. The number of nitrogen functional groups attached to an aromatic ring is 1. The van der Waals surface area contributed by atoms with Crippen molar-refractivity contribution in [3.05, 3.63) is 33.8 Å². The van der Waals surface area contributed by atoms with Crippen molar-refractivity contribution in [3.63, 3.8) is 0 Å². The minimum atomic E-state index is 0.515. The molecule has 0 aliphatic rings. The zero-order valence-electron chi connectivity index (χ0n) is 10.9. The Morgan fingerprint density at radius 2 is 1.80 bits per heavy atom. The molecule has 0 atom stereocenters. The molecule has 0 aliphatic heterocycles. The molecule has 106 valence electrons. The van der Waals surface area contributed by atoms with Crippen LogP contribution in [-0.2, 0) is 0 Å². The molecule has 20 heavy (non-hydrogen) atoms. The number of aryl methyl sites for hydroxylation is 1. The summed E-state index contributed by atoms with van der Waals surface area (Å²) in [6.07, 6.45) is 1.88. The van der Waals surface area contributed by atoms with Crippen molar-refractivity contribution >= 4 is 52.3 Å². The van der Waals surface area contributed by atoms with Gasteiger partial charge in [0.25, 0.3) is 0 Å². The Bertz CT molecular complexity index is 613. The molecule has 2 aromatic rings. The molecule has 0 amide bonds. The van der Waals surface area contributed by atoms with Gasteiger partial charge in [-0.2, -0.15) is 0 Å². The molecule has 0 unspecified atom stereocenters. The summed E-state index contributed by atoms with van der Waals surface area (Å²) < 4.78 is 0. The molecule has 8 heteroatoms. The van der Waals surface area contributed by atoms with Gasteiger partial charge in [-0.3, -0.25) is 0 Å². The summed E-state index contributed by atoms with van der Waals surface area (Å²) in [5.74, 6) is 6.48. The predicted molar refractivity (Wildman–Crippen MR) is 86.1 cm³/mol. The second-order valence-electron chi connectivity index (χ2n) is 3.98. The second-order valence-corrected chi connectivity index (χ2v) is 5.56. The average Bonchev–Trinajstić information content (AvgIpc) is 2.44. The van der Waals surface area contributed by atoms with Crippen LogP contribution >= 0.6 is 35.0 Å². The van der Waals surface area contributed by atoms with Crippen LogP contribution in [0.25, 0.3) is 0 Å². The first-order chi connectivity index (χ1) is 9.53. The van der Waals surface area contributed by atoms with Crippen molar-refractivity contribution in [1.29, 1.82) is 0 Å². The number of hydrogen-bond donors (Lipinski definition) is 3. The highest BCUT2D eigenvalue weighted by molar-refractivity contribution is 7.98. The van der Waals surface area contributed by atoms with Crippen LogP contribution in [0.1, 0.15) is 5.56 Å². The number of anilines is 3. The minimum Gasteiger partial charge on any atom is -0.339 e. The van der Waals surface area contributed by atoms with Crippen LogP contribution in [0.15, 0.2) is 23.4 Å². The van der Waals surface area contributed by atoms with Gasteiger partial charge in [0.1, 0.15) is 11.6 Å². The summed E-state index contributed by atoms with van der Waals surface area (Å²) in [6, 6.07) is 5.24. The zero-order valence-corrected chi connectivity index (χ0v) is 13.2. The molecule has 1 aromatic heterocycles. The van der Waals surface area contributed by atoms with Crippen molar-refractivity contribution in [2.45, 2.75) is 12.1 Å². The van der Waals surface area contributed by atoms with Gasteiger partial charge in [-0.1, -0.05) is 35.0 Å². The van der Waals surface area contributed by atoms with Crippen molar-refractivity contribution in [2.24, 2.45) is 5.84 Å².